The largest absolute Gasteiger partial charge is 0.363 e. The van der Waals surface area contributed by atoms with Gasteiger partial charge in [0.25, 0.3) is 0 Å². The summed E-state index contributed by atoms with van der Waals surface area (Å²) in [4.78, 5) is 0. The van der Waals surface area contributed by atoms with E-state index < -0.39 is 0 Å². The van der Waals surface area contributed by atoms with E-state index in [0.29, 0.717) is 12.2 Å². The second-order valence-corrected chi connectivity index (χ2v) is 3.46. The summed E-state index contributed by atoms with van der Waals surface area (Å²) in [5.74, 6) is 0. The summed E-state index contributed by atoms with van der Waals surface area (Å²) in [7, 11) is 0. The van der Waals surface area contributed by atoms with E-state index in [1.54, 1.807) is 0 Å². The van der Waals surface area contributed by atoms with Gasteiger partial charge in [-0.15, -0.1) is 0 Å². The van der Waals surface area contributed by atoms with Crippen molar-refractivity contribution in [3.05, 3.63) is 0 Å². The van der Waals surface area contributed by atoms with E-state index in [9.17, 15) is 0 Å². The fraction of sp³-hybridized carbons (Fsp3) is 1.00. The summed E-state index contributed by atoms with van der Waals surface area (Å²) in [5, 5.41) is 0. The van der Waals surface area contributed by atoms with Gasteiger partial charge >= 0.3 is 0 Å². The van der Waals surface area contributed by atoms with E-state index in [1.807, 2.05) is 0 Å². The third kappa shape index (κ3) is 3.97. The van der Waals surface area contributed by atoms with Gasteiger partial charge in [-0.25, -0.2) is 0 Å². The first-order chi connectivity index (χ1) is 5.43. The van der Waals surface area contributed by atoms with Crippen LogP contribution < -0.4 is 0 Å². The average molecular weight is 177 g/mol. The van der Waals surface area contributed by atoms with Crippen LogP contribution in [0.2, 0.25) is 0 Å². The molecule has 0 atom stereocenters. The van der Waals surface area contributed by atoms with E-state index in [0.717, 1.165) is 0 Å². The summed E-state index contributed by atoms with van der Waals surface area (Å²) in [6.45, 7) is 0. The minimum atomic E-state index is 0.366. The Labute approximate surface area is 74.1 Å². The Morgan fingerprint density at radius 2 is 1.55 bits per heavy atom. The highest BCUT2D eigenvalue weighted by Gasteiger charge is 2.10. The number of hydrogen-bond donors (Lipinski definition) is 0. The van der Waals surface area contributed by atoms with E-state index in [2.05, 4.69) is 0 Å². The molecule has 0 saturated heterocycles. The van der Waals surface area contributed by atoms with E-state index in [4.69, 9.17) is 16.3 Å². The van der Waals surface area contributed by atoms with Gasteiger partial charge in [0.1, 0.15) is 6.07 Å². The molecule has 1 aliphatic carbocycles. The Kier molecular flexibility index (Phi) is 4.96. The molecule has 0 aromatic heterocycles. The van der Waals surface area contributed by atoms with Crippen molar-refractivity contribution in [1.29, 1.82) is 0 Å². The first-order valence-corrected chi connectivity index (χ1v) is 5.14. The maximum Gasteiger partial charge on any atom is 0.121 e. The Morgan fingerprint density at radius 3 is 2.09 bits per heavy atom. The summed E-state index contributed by atoms with van der Waals surface area (Å²) < 4.78 is 5.38. The van der Waals surface area contributed by atoms with Crippen molar-refractivity contribution in [2.24, 2.45) is 0 Å². The molecule has 1 rings (SSSR count). The van der Waals surface area contributed by atoms with Gasteiger partial charge in [0.15, 0.2) is 0 Å². The smallest absolute Gasteiger partial charge is 0.121 e. The minimum Gasteiger partial charge on any atom is -0.363 e. The lowest BCUT2D eigenvalue weighted by atomic mass is 9.99. The first-order valence-electron chi connectivity index (χ1n) is 4.61. The molecule has 11 heavy (non-hydrogen) atoms. The minimum absolute atomic E-state index is 0.366. The van der Waals surface area contributed by atoms with E-state index in [-0.39, 0.29) is 0 Å². The highest BCUT2D eigenvalue weighted by atomic mass is 35.5. The lowest BCUT2D eigenvalue weighted by Crippen LogP contribution is -2.13. The third-order valence-corrected chi connectivity index (χ3v) is 2.48. The maximum atomic E-state index is 5.51. The van der Waals surface area contributed by atoms with Crippen LogP contribution in [0.1, 0.15) is 44.9 Å². The van der Waals surface area contributed by atoms with Crippen LogP contribution in [-0.4, -0.2) is 12.2 Å². The zero-order valence-corrected chi connectivity index (χ0v) is 7.78. The van der Waals surface area contributed by atoms with Crippen LogP contribution in [0.15, 0.2) is 0 Å². The highest BCUT2D eigenvalue weighted by Crippen LogP contribution is 2.19. The van der Waals surface area contributed by atoms with Crippen LogP contribution in [-0.2, 0) is 4.74 Å². The summed E-state index contributed by atoms with van der Waals surface area (Å²) in [6, 6.07) is 0.366. The lowest BCUT2D eigenvalue weighted by molar-refractivity contribution is 0.0659. The summed E-state index contributed by atoms with van der Waals surface area (Å²) in [6.07, 6.45) is 9.69. The molecular weight excluding hydrogens is 160 g/mol. The number of rotatable bonds is 2. The van der Waals surface area contributed by atoms with Crippen LogP contribution >= 0.6 is 11.6 Å². The molecule has 2 heteroatoms. The lowest BCUT2D eigenvalue weighted by Gasteiger charge is -2.18. The van der Waals surface area contributed by atoms with Gasteiger partial charge in [0, 0.05) is 0 Å². The molecule has 0 aromatic carbocycles. The highest BCUT2D eigenvalue weighted by molar-refractivity contribution is 6.17. The quantitative estimate of drug-likeness (QED) is 0.587. The molecule has 0 radical (unpaired) electrons. The normalized spacial score (nSPS) is 22.6. The van der Waals surface area contributed by atoms with Crippen LogP contribution in [0.5, 0.6) is 0 Å². The van der Waals surface area contributed by atoms with Gasteiger partial charge in [-0.2, -0.15) is 0 Å². The van der Waals surface area contributed by atoms with Crippen LogP contribution in [0.3, 0.4) is 0 Å². The second kappa shape index (κ2) is 5.84. The summed E-state index contributed by atoms with van der Waals surface area (Å²) >= 11 is 5.51. The van der Waals surface area contributed by atoms with Crippen LogP contribution in [0.25, 0.3) is 0 Å². The Bertz CT molecular complexity index is 87.6. The van der Waals surface area contributed by atoms with Gasteiger partial charge in [-0.3, -0.25) is 0 Å². The van der Waals surface area contributed by atoms with Crippen molar-refractivity contribution in [2.75, 3.05) is 6.07 Å². The van der Waals surface area contributed by atoms with Crippen molar-refractivity contribution < 1.29 is 4.74 Å². The average Bonchev–Trinajstić information content (AvgIpc) is 1.94. The predicted molar refractivity (Wildman–Crippen MR) is 47.9 cm³/mol. The van der Waals surface area contributed by atoms with Crippen molar-refractivity contribution in [1.82, 2.24) is 0 Å². The zero-order valence-electron chi connectivity index (χ0n) is 7.02. The Balaban J connectivity index is 2.15. The molecular formula is C9H17ClO. The maximum absolute atomic E-state index is 5.51. The molecule has 0 N–H and O–H groups in total. The molecule has 0 aromatic rings. The molecule has 0 aliphatic heterocycles. The molecule has 1 fully saturated rings. The Hall–Kier alpha value is 0.250. The van der Waals surface area contributed by atoms with Gasteiger partial charge in [-0.1, -0.05) is 43.7 Å². The van der Waals surface area contributed by atoms with Crippen molar-refractivity contribution in [3.8, 4) is 0 Å². The van der Waals surface area contributed by atoms with Gasteiger partial charge in [0.2, 0.25) is 0 Å². The second-order valence-electron chi connectivity index (χ2n) is 3.24. The predicted octanol–water partition coefficient (Wildman–Crippen LogP) is 3.31. The molecule has 0 spiro atoms. The van der Waals surface area contributed by atoms with Crippen molar-refractivity contribution in [3.63, 3.8) is 0 Å². The molecule has 0 heterocycles. The van der Waals surface area contributed by atoms with Crippen molar-refractivity contribution >= 4 is 11.6 Å². The summed E-state index contributed by atoms with van der Waals surface area (Å²) in [5.41, 5.74) is 0. The van der Waals surface area contributed by atoms with Crippen molar-refractivity contribution in [2.45, 2.75) is 51.0 Å². The molecule has 0 amide bonds. The van der Waals surface area contributed by atoms with Gasteiger partial charge < -0.3 is 4.74 Å². The van der Waals surface area contributed by atoms with Crippen LogP contribution in [0.4, 0.5) is 0 Å². The fourth-order valence-corrected chi connectivity index (χ4v) is 1.85. The van der Waals surface area contributed by atoms with Gasteiger partial charge in [-0.05, 0) is 12.8 Å². The molecule has 0 bridgehead atoms. The molecule has 1 nitrogen and oxygen atoms in total. The number of halogens is 1. The molecule has 1 aliphatic rings. The number of hydrogen-bond acceptors (Lipinski definition) is 1. The standard InChI is InChI=1S/C9H17ClO/c10-8-11-9-6-4-2-1-3-5-7-9/h9H,1-8H2. The van der Waals surface area contributed by atoms with E-state index in [1.165, 1.54) is 44.9 Å². The van der Waals surface area contributed by atoms with Gasteiger partial charge in [0.05, 0.1) is 6.10 Å². The molecule has 66 valence electrons. The number of alkyl halides is 1. The van der Waals surface area contributed by atoms with E-state index >= 15 is 0 Å². The SMILES string of the molecule is ClCOC1CCCCCCC1. The first kappa shape index (κ1) is 9.34. The zero-order chi connectivity index (χ0) is 7.94. The number of ether oxygens (including phenoxy) is 1. The topological polar surface area (TPSA) is 9.23 Å². The third-order valence-electron chi connectivity index (χ3n) is 2.35. The van der Waals surface area contributed by atoms with Crippen LogP contribution in [0, 0.1) is 0 Å². The molecule has 0 unspecified atom stereocenters. The monoisotopic (exact) mass is 176 g/mol. The fourth-order valence-electron chi connectivity index (χ4n) is 1.67. The molecule has 1 saturated carbocycles. The Morgan fingerprint density at radius 1 is 1.00 bits per heavy atom.